The molecule has 19 heavy (non-hydrogen) atoms. The van der Waals surface area contributed by atoms with Crippen LogP contribution in [0.5, 0.6) is 0 Å². The number of pyridine rings is 1. The second kappa shape index (κ2) is 4.48. The van der Waals surface area contributed by atoms with Crippen LogP contribution in [0.15, 0.2) is 18.2 Å². The van der Waals surface area contributed by atoms with Gasteiger partial charge in [-0.2, -0.15) is 0 Å². The Labute approximate surface area is 111 Å². The van der Waals surface area contributed by atoms with Crippen LogP contribution in [0.4, 0.5) is 5.82 Å². The molecule has 0 aliphatic carbocycles. The monoisotopic (exact) mass is 280 g/mol. The number of nitrogen functional groups attached to an aromatic ring is 1. The van der Waals surface area contributed by atoms with Gasteiger partial charge in [0.2, 0.25) is 0 Å². The number of fused-ring (bicyclic) bond motifs is 1. The first kappa shape index (κ1) is 12.4. The van der Waals surface area contributed by atoms with E-state index in [0.29, 0.717) is 23.6 Å². The van der Waals surface area contributed by atoms with Crippen molar-refractivity contribution < 1.29 is 8.42 Å². The lowest BCUT2D eigenvalue weighted by Crippen LogP contribution is -2.27. The molecule has 7 heteroatoms. The van der Waals surface area contributed by atoms with Gasteiger partial charge in [-0.25, -0.2) is 8.42 Å². The Balaban J connectivity index is 1.90. The van der Waals surface area contributed by atoms with Gasteiger partial charge < -0.3 is 5.73 Å². The quantitative estimate of drug-likeness (QED) is 0.873. The summed E-state index contributed by atoms with van der Waals surface area (Å²) in [6.45, 7) is 0. The van der Waals surface area contributed by atoms with Gasteiger partial charge in [-0.1, -0.05) is 6.07 Å². The van der Waals surface area contributed by atoms with Crippen LogP contribution in [-0.4, -0.2) is 34.5 Å². The van der Waals surface area contributed by atoms with E-state index in [-0.39, 0.29) is 11.7 Å². The van der Waals surface area contributed by atoms with E-state index in [1.807, 2.05) is 12.1 Å². The number of hydrogen-bond acceptors (Lipinski definition) is 5. The lowest BCUT2D eigenvalue weighted by atomic mass is 10.0. The third-order valence-corrected chi connectivity index (χ3v) is 5.44. The van der Waals surface area contributed by atoms with Crippen molar-refractivity contribution in [1.29, 1.82) is 0 Å². The van der Waals surface area contributed by atoms with Crippen molar-refractivity contribution in [3.63, 3.8) is 0 Å². The molecule has 0 saturated carbocycles. The Bertz CT molecular complexity index is 708. The molecule has 3 heterocycles. The molecule has 1 fully saturated rings. The maximum atomic E-state index is 11.7. The molecule has 1 atom stereocenters. The van der Waals surface area contributed by atoms with Crippen LogP contribution < -0.4 is 5.73 Å². The van der Waals surface area contributed by atoms with Gasteiger partial charge in [0, 0.05) is 6.42 Å². The van der Waals surface area contributed by atoms with E-state index in [1.54, 1.807) is 10.5 Å². The molecule has 2 N–H and O–H groups in total. The van der Waals surface area contributed by atoms with Crippen LogP contribution in [0.2, 0.25) is 0 Å². The van der Waals surface area contributed by atoms with Crippen LogP contribution in [-0.2, 0) is 16.3 Å². The molecule has 1 aliphatic heterocycles. The molecule has 0 radical (unpaired) electrons. The SMILES string of the molecule is Nc1cccc2nnc(CC3CCCS(=O)(=O)C3)n12. The second-order valence-electron chi connectivity index (χ2n) is 5.09. The normalized spacial score (nSPS) is 22.6. The lowest BCUT2D eigenvalue weighted by Gasteiger charge is -2.21. The van der Waals surface area contributed by atoms with E-state index < -0.39 is 9.84 Å². The Morgan fingerprint density at radius 1 is 1.37 bits per heavy atom. The van der Waals surface area contributed by atoms with Gasteiger partial charge in [-0.15, -0.1) is 10.2 Å². The van der Waals surface area contributed by atoms with Gasteiger partial charge in [0.05, 0.1) is 11.5 Å². The summed E-state index contributed by atoms with van der Waals surface area (Å²) >= 11 is 0. The highest BCUT2D eigenvalue weighted by Gasteiger charge is 2.26. The molecule has 2 aromatic rings. The molecule has 2 aromatic heterocycles. The van der Waals surface area contributed by atoms with E-state index in [0.717, 1.165) is 18.7 Å². The molecular formula is C12H16N4O2S. The van der Waals surface area contributed by atoms with Crippen molar-refractivity contribution in [2.75, 3.05) is 17.2 Å². The molecule has 0 aromatic carbocycles. The predicted molar refractivity (Wildman–Crippen MR) is 72.5 cm³/mol. The molecule has 1 unspecified atom stereocenters. The molecule has 6 nitrogen and oxygen atoms in total. The van der Waals surface area contributed by atoms with E-state index in [4.69, 9.17) is 5.73 Å². The smallest absolute Gasteiger partial charge is 0.162 e. The fraction of sp³-hybridized carbons (Fsp3) is 0.500. The van der Waals surface area contributed by atoms with E-state index in [1.165, 1.54) is 0 Å². The van der Waals surface area contributed by atoms with Gasteiger partial charge in [-0.05, 0) is 30.9 Å². The zero-order chi connectivity index (χ0) is 13.5. The summed E-state index contributed by atoms with van der Waals surface area (Å²) in [5.41, 5.74) is 6.63. The number of nitrogens with zero attached hydrogens (tertiary/aromatic N) is 3. The minimum Gasteiger partial charge on any atom is -0.385 e. The van der Waals surface area contributed by atoms with E-state index in [2.05, 4.69) is 10.2 Å². The van der Waals surface area contributed by atoms with Crippen molar-refractivity contribution in [1.82, 2.24) is 14.6 Å². The van der Waals surface area contributed by atoms with Crippen molar-refractivity contribution >= 4 is 21.3 Å². The lowest BCUT2D eigenvalue weighted by molar-refractivity contribution is 0.474. The fourth-order valence-corrected chi connectivity index (χ4v) is 4.47. The maximum absolute atomic E-state index is 11.7. The fourth-order valence-electron chi connectivity index (χ4n) is 2.70. The Hall–Kier alpha value is -1.63. The molecule has 0 amide bonds. The van der Waals surface area contributed by atoms with E-state index in [9.17, 15) is 8.42 Å². The average molecular weight is 280 g/mol. The zero-order valence-corrected chi connectivity index (χ0v) is 11.3. The molecule has 1 aliphatic rings. The Kier molecular flexibility index (Phi) is 2.93. The summed E-state index contributed by atoms with van der Waals surface area (Å²) in [4.78, 5) is 0. The third-order valence-electron chi connectivity index (χ3n) is 3.55. The number of rotatable bonds is 2. The highest BCUT2D eigenvalue weighted by Crippen LogP contribution is 2.22. The van der Waals surface area contributed by atoms with Crippen LogP contribution in [0.25, 0.3) is 5.65 Å². The summed E-state index contributed by atoms with van der Waals surface area (Å²) < 4.78 is 25.1. The second-order valence-corrected chi connectivity index (χ2v) is 7.32. The largest absolute Gasteiger partial charge is 0.385 e. The van der Waals surface area contributed by atoms with E-state index >= 15 is 0 Å². The summed E-state index contributed by atoms with van der Waals surface area (Å²) in [5, 5.41) is 8.20. The van der Waals surface area contributed by atoms with Crippen molar-refractivity contribution in [2.45, 2.75) is 19.3 Å². The predicted octanol–water partition coefficient (Wildman–Crippen LogP) is 0.679. The molecule has 0 bridgehead atoms. The van der Waals surface area contributed by atoms with Crippen LogP contribution >= 0.6 is 0 Å². The summed E-state index contributed by atoms with van der Waals surface area (Å²) in [7, 11) is -2.89. The van der Waals surface area contributed by atoms with Gasteiger partial charge in [0.15, 0.2) is 15.5 Å². The molecule has 3 rings (SSSR count). The number of nitrogens with two attached hydrogens (primary N) is 1. The minimum atomic E-state index is -2.89. The molecule has 0 spiro atoms. The highest BCUT2D eigenvalue weighted by molar-refractivity contribution is 7.91. The maximum Gasteiger partial charge on any atom is 0.162 e. The average Bonchev–Trinajstić information content (AvgIpc) is 2.72. The molecule has 1 saturated heterocycles. The zero-order valence-electron chi connectivity index (χ0n) is 10.5. The molecular weight excluding hydrogens is 264 g/mol. The van der Waals surface area contributed by atoms with Gasteiger partial charge in [0.1, 0.15) is 11.6 Å². The van der Waals surface area contributed by atoms with Crippen LogP contribution in [0, 0.1) is 5.92 Å². The molecule has 102 valence electrons. The van der Waals surface area contributed by atoms with Gasteiger partial charge >= 0.3 is 0 Å². The first-order valence-corrected chi connectivity index (χ1v) is 8.16. The van der Waals surface area contributed by atoms with Gasteiger partial charge in [-0.3, -0.25) is 4.40 Å². The summed E-state index contributed by atoms with van der Waals surface area (Å²) in [6.07, 6.45) is 2.26. The van der Waals surface area contributed by atoms with Crippen molar-refractivity contribution in [2.24, 2.45) is 5.92 Å². The van der Waals surface area contributed by atoms with Crippen LogP contribution in [0.1, 0.15) is 18.7 Å². The minimum absolute atomic E-state index is 0.116. The van der Waals surface area contributed by atoms with Gasteiger partial charge in [0.25, 0.3) is 0 Å². The number of hydrogen-bond donors (Lipinski definition) is 1. The topological polar surface area (TPSA) is 90.3 Å². The number of anilines is 1. The summed E-state index contributed by atoms with van der Waals surface area (Å²) in [5.74, 6) is 2.00. The Morgan fingerprint density at radius 3 is 3.00 bits per heavy atom. The highest BCUT2D eigenvalue weighted by atomic mass is 32.2. The number of sulfone groups is 1. The standard InChI is InChI=1S/C12H16N4O2S/c13-10-4-1-5-11-14-15-12(16(10)11)7-9-3-2-6-19(17,18)8-9/h1,4-5,9H,2-3,6-8,13H2. The van der Waals surface area contributed by atoms with Crippen molar-refractivity contribution in [3.05, 3.63) is 24.0 Å². The summed E-state index contributed by atoms with van der Waals surface area (Å²) in [6, 6.07) is 5.45. The first-order chi connectivity index (χ1) is 9.05. The number of aromatic nitrogens is 3. The Morgan fingerprint density at radius 2 is 2.21 bits per heavy atom. The third kappa shape index (κ3) is 2.42. The first-order valence-electron chi connectivity index (χ1n) is 6.34. The van der Waals surface area contributed by atoms with Crippen LogP contribution in [0.3, 0.4) is 0 Å². The van der Waals surface area contributed by atoms with Crippen molar-refractivity contribution in [3.8, 4) is 0 Å².